The van der Waals surface area contributed by atoms with Crippen molar-refractivity contribution >= 4 is 23.6 Å². The lowest BCUT2D eigenvalue weighted by atomic mass is 9.90. The summed E-state index contributed by atoms with van der Waals surface area (Å²) in [6.07, 6.45) is 3.91. The van der Waals surface area contributed by atoms with Gasteiger partial charge in [0.2, 0.25) is 11.8 Å². The summed E-state index contributed by atoms with van der Waals surface area (Å²) in [6.45, 7) is 8.76. The third-order valence-corrected chi connectivity index (χ3v) is 4.75. The van der Waals surface area contributed by atoms with Gasteiger partial charge in [0.1, 0.15) is 12.1 Å². The normalized spacial score (nSPS) is 25.0. The maximum atomic E-state index is 12.6. The van der Waals surface area contributed by atoms with Gasteiger partial charge in [-0.2, -0.15) is 11.8 Å². The van der Waals surface area contributed by atoms with Gasteiger partial charge in [-0.1, -0.05) is 34.1 Å². The van der Waals surface area contributed by atoms with Crippen LogP contribution in [0.5, 0.6) is 0 Å². The first-order chi connectivity index (χ1) is 9.43. The molecule has 5 heteroatoms. The standard InChI is InChI=1S/C15H28N2O2S/c1-6-11(4)13-14(18)16-12(10(2)3)15(19)17(13)8-7-9-20-5/h10-13H,6-9H2,1-5H3,(H,16,18). The molecule has 0 aliphatic carbocycles. The second kappa shape index (κ2) is 7.91. The van der Waals surface area contributed by atoms with E-state index < -0.39 is 0 Å². The number of piperazine rings is 1. The molecule has 1 rings (SSSR count). The largest absolute Gasteiger partial charge is 0.342 e. The second-order valence-corrected chi connectivity index (χ2v) is 6.92. The summed E-state index contributed by atoms with van der Waals surface area (Å²) in [7, 11) is 0. The Morgan fingerprint density at radius 2 is 1.95 bits per heavy atom. The van der Waals surface area contributed by atoms with E-state index in [1.165, 1.54) is 0 Å². The second-order valence-electron chi connectivity index (χ2n) is 5.94. The maximum Gasteiger partial charge on any atom is 0.246 e. The molecule has 116 valence electrons. The van der Waals surface area contributed by atoms with Gasteiger partial charge in [0, 0.05) is 6.54 Å². The van der Waals surface area contributed by atoms with Crippen LogP contribution < -0.4 is 5.32 Å². The van der Waals surface area contributed by atoms with Gasteiger partial charge in [0.15, 0.2) is 0 Å². The van der Waals surface area contributed by atoms with Crippen molar-refractivity contribution in [3.8, 4) is 0 Å². The highest BCUT2D eigenvalue weighted by molar-refractivity contribution is 7.98. The molecular formula is C15H28N2O2S. The van der Waals surface area contributed by atoms with E-state index in [1.807, 2.05) is 18.7 Å². The molecule has 1 fully saturated rings. The smallest absolute Gasteiger partial charge is 0.246 e. The number of hydrogen-bond donors (Lipinski definition) is 1. The molecule has 0 spiro atoms. The summed E-state index contributed by atoms with van der Waals surface area (Å²) in [4.78, 5) is 26.9. The van der Waals surface area contributed by atoms with E-state index in [1.54, 1.807) is 11.8 Å². The quantitative estimate of drug-likeness (QED) is 0.733. The number of amides is 2. The molecule has 1 N–H and O–H groups in total. The molecule has 1 heterocycles. The van der Waals surface area contributed by atoms with Crippen molar-refractivity contribution in [2.45, 2.75) is 52.6 Å². The Kier molecular flexibility index (Phi) is 6.86. The number of carbonyl (C=O) groups is 2. The summed E-state index contributed by atoms with van der Waals surface area (Å²) in [6, 6.07) is -0.665. The van der Waals surface area contributed by atoms with Gasteiger partial charge >= 0.3 is 0 Å². The highest BCUT2D eigenvalue weighted by atomic mass is 32.2. The van der Waals surface area contributed by atoms with E-state index in [4.69, 9.17) is 0 Å². The van der Waals surface area contributed by atoms with Crippen LogP contribution in [0.4, 0.5) is 0 Å². The highest BCUT2D eigenvalue weighted by Gasteiger charge is 2.43. The molecule has 3 atom stereocenters. The highest BCUT2D eigenvalue weighted by Crippen LogP contribution is 2.23. The maximum absolute atomic E-state index is 12.6. The van der Waals surface area contributed by atoms with E-state index in [-0.39, 0.29) is 35.7 Å². The summed E-state index contributed by atoms with van der Waals surface area (Å²) in [5, 5.41) is 2.92. The molecule has 0 radical (unpaired) electrons. The van der Waals surface area contributed by atoms with Crippen LogP contribution in [0.1, 0.15) is 40.5 Å². The van der Waals surface area contributed by atoms with Crippen molar-refractivity contribution < 1.29 is 9.59 Å². The molecule has 0 aromatic carbocycles. The van der Waals surface area contributed by atoms with Gasteiger partial charge in [-0.3, -0.25) is 9.59 Å². The van der Waals surface area contributed by atoms with Gasteiger partial charge in [0.25, 0.3) is 0 Å². The number of hydrogen-bond acceptors (Lipinski definition) is 3. The first-order valence-corrected chi connectivity index (χ1v) is 8.93. The lowest BCUT2D eigenvalue weighted by Crippen LogP contribution is -2.66. The van der Waals surface area contributed by atoms with Gasteiger partial charge in [-0.25, -0.2) is 0 Å². The van der Waals surface area contributed by atoms with Crippen LogP contribution in [-0.2, 0) is 9.59 Å². The monoisotopic (exact) mass is 300 g/mol. The average Bonchev–Trinajstić information content (AvgIpc) is 2.41. The fourth-order valence-electron chi connectivity index (χ4n) is 2.63. The van der Waals surface area contributed by atoms with Crippen molar-refractivity contribution in [2.24, 2.45) is 11.8 Å². The summed E-state index contributed by atoms with van der Waals surface area (Å²) in [5.41, 5.74) is 0. The fourth-order valence-corrected chi connectivity index (χ4v) is 3.04. The van der Waals surface area contributed by atoms with E-state index in [0.29, 0.717) is 6.54 Å². The van der Waals surface area contributed by atoms with Crippen LogP contribution in [-0.4, -0.2) is 47.4 Å². The average molecular weight is 300 g/mol. The molecule has 1 saturated heterocycles. The molecule has 0 aromatic rings. The van der Waals surface area contributed by atoms with Gasteiger partial charge in [-0.15, -0.1) is 0 Å². The van der Waals surface area contributed by atoms with E-state index in [2.05, 4.69) is 25.4 Å². The van der Waals surface area contributed by atoms with Gasteiger partial charge < -0.3 is 10.2 Å². The van der Waals surface area contributed by atoms with Crippen molar-refractivity contribution in [3.63, 3.8) is 0 Å². The van der Waals surface area contributed by atoms with Crippen LogP contribution in [0.15, 0.2) is 0 Å². The molecule has 2 amide bonds. The van der Waals surface area contributed by atoms with E-state index in [0.717, 1.165) is 18.6 Å². The Morgan fingerprint density at radius 3 is 2.45 bits per heavy atom. The van der Waals surface area contributed by atoms with Crippen molar-refractivity contribution in [1.29, 1.82) is 0 Å². The van der Waals surface area contributed by atoms with Crippen molar-refractivity contribution in [3.05, 3.63) is 0 Å². The van der Waals surface area contributed by atoms with Crippen LogP contribution in [0, 0.1) is 11.8 Å². The molecule has 1 aliphatic heterocycles. The van der Waals surface area contributed by atoms with E-state index >= 15 is 0 Å². The zero-order valence-electron chi connectivity index (χ0n) is 13.3. The molecule has 4 nitrogen and oxygen atoms in total. The van der Waals surface area contributed by atoms with Crippen LogP contribution >= 0.6 is 11.8 Å². The predicted octanol–water partition coefficient (Wildman–Crippen LogP) is 2.14. The molecular weight excluding hydrogens is 272 g/mol. The van der Waals surface area contributed by atoms with Gasteiger partial charge in [-0.05, 0) is 30.3 Å². The zero-order chi connectivity index (χ0) is 15.3. The minimum Gasteiger partial charge on any atom is -0.342 e. The Hall–Kier alpha value is -0.710. The third kappa shape index (κ3) is 3.90. The first kappa shape index (κ1) is 17.3. The molecule has 20 heavy (non-hydrogen) atoms. The summed E-state index contributed by atoms with van der Waals surface area (Å²) < 4.78 is 0. The van der Waals surface area contributed by atoms with E-state index in [9.17, 15) is 9.59 Å². The first-order valence-electron chi connectivity index (χ1n) is 7.53. The molecule has 0 aromatic heterocycles. The lowest BCUT2D eigenvalue weighted by molar-refractivity contribution is -0.152. The Balaban J connectivity index is 2.91. The number of nitrogens with zero attached hydrogens (tertiary/aromatic N) is 1. The Morgan fingerprint density at radius 1 is 1.30 bits per heavy atom. The Labute approximate surface area is 127 Å². The Bertz CT molecular complexity index is 347. The molecule has 1 aliphatic rings. The summed E-state index contributed by atoms with van der Waals surface area (Å²) in [5.74, 6) is 1.45. The SMILES string of the molecule is CCC(C)C1C(=O)NC(C(C)C)C(=O)N1CCCSC. The number of thioether (sulfide) groups is 1. The fraction of sp³-hybridized carbons (Fsp3) is 0.867. The number of rotatable bonds is 7. The third-order valence-electron chi connectivity index (χ3n) is 4.05. The lowest BCUT2D eigenvalue weighted by Gasteiger charge is -2.42. The zero-order valence-corrected chi connectivity index (χ0v) is 14.1. The topological polar surface area (TPSA) is 49.4 Å². The molecule has 3 unspecified atom stereocenters. The van der Waals surface area contributed by atoms with Crippen LogP contribution in [0.2, 0.25) is 0 Å². The van der Waals surface area contributed by atoms with Crippen molar-refractivity contribution in [1.82, 2.24) is 10.2 Å². The van der Waals surface area contributed by atoms with Crippen LogP contribution in [0.25, 0.3) is 0 Å². The summed E-state index contributed by atoms with van der Waals surface area (Å²) >= 11 is 1.78. The van der Waals surface area contributed by atoms with Gasteiger partial charge in [0.05, 0.1) is 0 Å². The predicted molar refractivity (Wildman–Crippen MR) is 84.7 cm³/mol. The number of carbonyl (C=O) groups excluding carboxylic acids is 2. The van der Waals surface area contributed by atoms with Crippen LogP contribution in [0.3, 0.4) is 0 Å². The molecule has 0 bridgehead atoms. The minimum atomic E-state index is -0.364. The number of nitrogens with one attached hydrogen (secondary N) is 1. The van der Waals surface area contributed by atoms with Crippen molar-refractivity contribution in [2.75, 3.05) is 18.6 Å². The molecule has 0 saturated carbocycles. The minimum absolute atomic E-state index is 0.0156.